The fourth-order valence-electron chi connectivity index (χ4n) is 0.780. The van der Waals surface area contributed by atoms with E-state index in [1.54, 1.807) is 5.94 Å². The van der Waals surface area contributed by atoms with Crippen molar-refractivity contribution in [2.24, 2.45) is 0 Å². The Morgan fingerprint density at radius 2 is 2.00 bits per heavy atom. The van der Waals surface area contributed by atoms with E-state index in [1.165, 1.54) is 6.08 Å². The molecule has 0 aliphatic heterocycles. The second-order valence-electron chi connectivity index (χ2n) is 2.15. The highest BCUT2D eigenvalue weighted by Gasteiger charge is 1.88. The van der Waals surface area contributed by atoms with Gasteiger partial charge in [-0.25, -0.2) is 4.79 Å². The maximum atomic E-state index is 9.86. The Kier molecular flexibility index (Phi) is 3.09. The highest BCUT2D eigenvalue weighted by molar-refractivity contribution is 9.10. The summed E-state index contributed by atoms with van der Waals surface area (Å²) in [5.41, 5.74) is 1.12. The second kappa shape index (κ2) is 4.12. The van der Waals surface area contributed by atoms with Crippen LogP contribution in [-0.4, -0.2) is 5.94 Å². The van der Waals surface area contributed by atoms with Crippen molar-refractivity contribution in [3.8, 4) is 0 Å². The molecule has 0 atom stereocenters. The quantitative estimate of drug-likeness (QED) is 0.686. The Morgan fingerprint density at radius 1 is 1.36 bits per heavy atom. The van der Waals surface area contributed by atoms with Crippen molar-refractivity contribution in [1.29, 1.82) is 0 Å². The maximum absolute atomic E-state index is 9.86. The molecule has 0 aromatic heterocycles. The lowest BCUT2D eigenvalue weighted by molar-refractivity contribution is 0.568. The first-order valence-electron chi connectivity index (χ1n) is 3.26. The van der Waals surface area contributed by atoms with E-state index in [2.05, 4.69) is 15.9 Å². The van der Waals surface area contributed by atoms with Crippen molar-refractivity contribution in [1.82, 2.24) is 0 Å². The Labute approximate surface area is 73.9 Å². The molecule has 1 rings (SSSR count). The van der Waals surface area contributed by atoms with Crippen molar-refractivity contribution in [2.75, 3.05) is 0 Å². The lowest BCUT2D eigenvalue weighted by atomic mass is 10.2. The summed E-state index contributed by atoms with van der Waals surface area (Å²) in [6.07, 6.45) is 2.14. The number of hydrogen-bond donors (Lipinski definition) is 0. The predicted molar refractivity (Wildman–Crippen MR) is 48.1 cm³/mol. The van der Waals surface area contributed by atoms with Crippen LogP contribution in [0.15, 0.2) is 34.8 Å². The average Bonchev–Trinajstić information content (AvgIpc) is 2.04. The molecule has 0 N–H and O–H groups in total. The molecule has 1 aromatic rings. The smallest absolute Gasteiger partial charge is 0.120 e. The van der Waals surface area contributed by atoms with Crippen LogP contribution in [0.2, 0.25) is 0 Å². The van der Waals surface area contributed by atoms with Gasteiger partial charge in [-0.15, -0.1) is 0 Å². The summed E-state index contributed by atoms with van der Waals surface area (Å²) in [5, 5.41) is 0. The summed E-state index contributed by atoms with van der Waals surface area (Å²) < 4.78 is 1.05. The van der Waals surface area contributed by atoms with Gasteiger partial charge in [0.15, 0.2) is 0 Å². The van der Waals surface area contributed by atoms with E-state index in [9.17, 15) is 4.79 Å². The first kappa shape index (κ1) is 8.25. The van der Waals surface area contributed by atoms with E-state index >= 15 is 0 Å². The van der Waals surface area contributed by atoms with E-state index in [-0.39, 0.29) is 0 Å². The fraction of sp³-hybridized carbons (Fsp3) is 0.111. The standard InChI is InChI=1S/C9H7BrO/c10-9-5-3-8(4-6-9)2-1-7-11/h1,3-6H,2H2. The van der Waals surface area contributed by atoms with Gasteiger partial charge < -0.3 is 0 Å². The first-order chi connectivity index (χ1) is 5.33. The van der Waals surface area contributed by atoms with E-state index in [4.69, 9.17) is 0 Å². The SMILES string of the molecule is O=C=CCc1ccc(Br)cc1. The minimum atomic E-state index is 0.663. The van der Waals surface area contributed by atoms with Gasteiger partial charge >= 0.3 is 0 Å². The lowest BCUT2D eigenvalue weighted by Gasteiger charge is -1.93. The molecule has 11 heavy (non-hydrogen) atoms. The minimum absolute atomic E-state index is 0.663. The first-order valence-corrected chi connectivity index (χ1v) is 4.06. The molecule has 56 valence electrons. The predicted octanol–water partition coefficient (Wildman–Crippen LogP) is 2.38. The number of rotatable bonds is 2. The van der Waals surface area contributed by atoms with Crippen LogP contribution in [0.3, 0.4) is 0 Å². The van der Waals surface area contributed by atoms with Gasteiger partial charge in [-0.2, -0.15) is 0 Å². The minimum Gasteiger partial charge on any atom is -0.234 e. The normalized spacial score (nSPS) is 8.82. The van der Waals surface area contributed by atoms with Gasteiger partial charge in [-0.1, -0.05) is 28.1 Å². The van der Waals surface area contributed by atoms with E-state index < -0.39 is 0 Å². The summed E-state index contributed by atoms with van der Waals surface area (Å²) >= 11 is 3.33. The van der Waals surface area contributed by atoms with Crippen LogP contribution in [0, 0.1) is 0 Å². The summed E-state index contributed by atoms with van der Waals surface area (Å²) in [4.78, 5) is 9.86. The molecular weight excluding hydrogens is 204 g/mol. The molecule has 0 saturated carbocycles. The monoisotopic (exact) mass is 210 g/mol. The molecule has 0 radical (unpaired) electrons. The molecular formula is C9H7BrO. The third-order valence-electron chi connectivity index (χ3n) is 1.33. The van der Waals surface area contributed by atoms with Crippen LogP contribution in [0.5, 0.6) is 0 Å². The zero-order valence-electron chi connectivity index (χ0n) is 5.88. The lowest BCUT2D eigenvalue weighted by Crippen LogP contribution is -1.78. The van der Waals surface area contributed by atoms with E-state index in [0.717, 1.165) is 10.0 Å². The van der Waals surface area contributed by atoms with Gasteiger partial charge in [0, 0.05) is 17.0 Å². The zero-order valence-corrected chi connectivity index (χ0v) is 7.47. The van der Waals surface area contributed by atoms with Gasteiger partial charge in [-0.05, 0) is 17.7 Å². The number of allylic oxidation sites excluding steroid dienone is 1. The second-order valence-corrected chi connectivity index (χ2v) is 3.07. The molecule has 0 aliphatic carbocycles. The Balaban J connectivity index is 2.73. The van der Waals surface area contributed by atoms with Gasteiger partial charge in [0.25, 0.3) is 0 Å². The molecule has 0 spiro atoms. The number of carbonyl (C=O) groups excluding carboxylic acids is 1. The van der Waals surface area contributed by atoms with Gasteiger partial charge in [0.2, 0.25) is 0 Å². The summed E-state index contributed by atoms with van der Waals surface area (Å²) in [7, 11) is 0. The molecule has 0 unspecified atom stereocenters. The third kappa shape index (κ3) is 2.71. The molecule has 1 nitrogen and oxygen atoms in total. The van der Waals surface area contributed by atoms with Crippen LogP contribution >= 0.6 is 15.9 Å². The van der Waals surface area contributed by atoms with Crippen LogP contribution in [0.4, 0.5) is 0 Å². The summed E-state index contributed by atoms with van der Waals surface area (Å²) in [6, 6.07) is 7.85. The van der Waals surface area contributed by atoms with Crippen molar-refractivity contribution >= 4 is 21.9 Å². The van der Waals surface area contributed by atoms with Crippen molar-refractivity contribution in [3.05, 3.63) is 40.4 Å². The number of halogens is 1. The molecule has 2 heteroatoms. The van der Waals surface area contributed by atoms with E-state index in [0.29, 0.717) is 6.42 Å². The van der Waals surface area contributed by atoms with Crippen LogP contribution in [0.25, 0.3) is 0 Å². The highest BCUT2D eigenvalue weighted by atomic mass is 79.9. The van der Waals surface area contributed by atoms with Gasteiger partial charge in [-0.3, -0.25) is 0 Å². The highest BCUT2D eigenvalue weighted by Crippen LogP contribution is 2.10. The number of hydrogen-bond acceptors (Lipinski definition) is 1. The zero-order chi connectivity index (χ0) is 8.10. The van der Waals surface area contributed by atoms with E-state index in [1.807, 2.05) is 24.3 Å². The topological polar surface area (TPSA) is 17.1 Å². The van der Waals surface area contributed by atoms with Crippen molar-refractivity contribution in [2.45, 2.75) is 6.42 Å². The van der Waals surface area contributed by atoms with Crippen LogP contribution in [0.1, 0.15) is 5.56 Å². The Morgan fingerprint density at radius 3 is 2.55 bits per heavy atom. The largest absolute Gasteiger partial charge is 0.234 e. The average molecular weight is 211 g/mol. The fourth-order valence-corrected chi connectivity index (χ4v) is 1.04. The number of benzene rings is 1. The van der Waals surface area contributed by atoms with Crippen molar-refractivity contribution in [3.63, 3.8) is 0 Å². The molecule has 0 bridgehead atoms. The Bertz CT molecular complexity index is 270. The molecule has 0 fully saturated rings. The van der Waals surface area contributed by atoms with Gasteiger partial charge in [0.1, 0.15) is 5.94 Å². The van der Waals surface area contributed by atoms with Gasteiger partial charge in [0.05, 0.1) is 0 Å². The molecule has 0 aliphatic rings. The maximum Gasteiger partial charge on any atom is 0.120 e. The van der Waals surface area contributed by atoms with Crippen LogP contribution < -0.4 is 0 Å². The molecule has 1 aromatic carbocycles. The van der Waals surface area contributed by atoms with Crippen molar-refractivity contribution < 1.29 is 4.79 Å². The third-order valence-corrected chi connectivity index (χ3v) is 1.86. The Hall–Kier alpha value is -0.850. The summed E-state index contributed by atoms with van der Waals surface area (Å²) in [6.45, 7) is 0. The molecule has 0 amide bonds. The molecule has 0 saturated heterocycles. The molecule has 0 heterocycles. The van der Waals surface area contributed by atoms with Crippen LogP contribution in [-0.2, 0) is 11.2 Å². The summed E-state index contributed by atoms with van der Waals surface area (Å²) in [5.74, 6) is 1.74.